The summed E-state index contributed by atoms with van der Waals surface area (Å²) in [5.74, 6) is 0. The Bertz CT molecular complexity index is 436. The van der Waals surface area contributed by atoms with Crippen molar-refractivity contribution in [2.75, 3.05) is 0 Å². The number of hydrogen-bond donors (Lipinski definition) is 0. The smallest absolute Gasteiger partial charge is 0.152 e. The second-order valence-electron chi connectivity index (χ2n) is 2.94. The van der Waals surface area contributed by atoms with Gasteiger partial charge in [-0.25, -0.2) is 9.97 Å². The molecule has 4 heteroatoms. The highest BCUT2D eigenvalue weighted by Crippen LogP contribution is 2.16. The van der Waals surface area contributed by atoms with Crippen LogP contribution in [-0.2, 0) is 6.42 Å². The number of halogens is 1. The Morgan fingerprint density at radius 2 is 2.29 bits per heavy atom. The van der Waals surface area contributed by atoms with Crippen molar-refractivity contribution in [1.82, 2.24) is 14.5 Å². The molecule has 72 valence electrons. The van der Waals surface area contributed by atoms with E-state index in [0.29, 0.717) is 5.15 Å². The molecule has 0 amide bonds. The summed E-state index contributed by atoms with van der Waals surface area (Å²) in [4.78, 5) is 8.24. The molecule has 0 aliphatic rings. The van der Waals surface area contributed by atoms with Crippen LogP contribution in [0.2, 0.25) is 5.15 Å². The number of hydrogen-bond acceptors (Lipinski definition) is 2. The zero-order valence-electron chi connectivity index (χ0n) is 7.81. The van der Waals surface area contributed by atoms with Crippen molar-refractivity contribution in [1.29, 1.82) is 0 Å². The Morgan fingerprint density at radius 1 is 1.43 bits per heavy atom. The number of rotatable bonds is 2. The number of aryl methyl sites for hydroxylation is 1. The summed E-state index contributed by atoms with van der Waals surface area (Å²) < 4.78 is 1.88. The fourth-order valence-electron chi connectivity index (χ4n) is 1.25. The Hall–Kier alpha value is -1.35. The lowest BCUT2D eigenvalue weighted by atomic mass is 10.4. The first-order chi connectivity index (χ1) is 6.81. The number of nitrogens with zero attached hydrogens (tertiary/aromatic N) is 3. The normalized spacial score (nSPS) is 10.4. The number of pyridine rings is 1. The maximum absolute atomic E-state index is 5.95. The van der Waals surface area contributed by atoms with E-state index in [-0.39, 0.29) is 0 Å². The third-order valence-corrected chi connectivity index (χ3v) is 2.31. The van der Waals surface area contributed by atoms with Crippen LogP contribution in [0.5, 0.6) is 0 Å². The second-order valence-corrected chi connectivity index (χ2v) is 3.30. The lowest BCUT2D eigenvalue weighted by Crippen LogP contribution is -1.92. The standard InChI is InChI=1S/C10H10ClN3/c1-2-8-6-14(7-13-8)9-4-3-5-12-10(9)11/h3-7H,2H2,1H3. The largest absolute Gasteiger partial charge is 0.303 e. The molecule has 0 saturated carbocycles. The molecule has 0 bridgehead atoms. The Labute approximate surface area is 87.4 Å². The van der Waals surface area contributed by atoms with E-state index in [1.165, 1.54) is 0 Å². The first kappa shape index (κ1) is 9.21. The molecule has 3 nitrogen and oxygen atoms in total. The van der Waals surface area contributed by atoms with Gasteiger partial charge in [-0.1, -0.05) is 18.5 Å². The van der Waals surface area contributed by atoms with Crippen molar-refractivity contribution in [3.63, 3.8) is 0 Å². The first-order valence-electron chi connectivity index (χ1n) is 4.45. The van der Waals surface area contributed by atoms with Crippen molar-refractivity contribution in [2.45, 2.75) is 13.3 Å². The van der Waals surface area contributed by atoms with Crippen molar-refractivity contribution in [2.24, 2.45) is 0 Å². The summed E-state index contributed by atoms with van der Waals surface area (Å²) in [6.45, 7) is 2.07. The number of imidazole rings is 1. The van der Waals surface area contributed by atoms with Crippen LogP contribution in [0.1, 0.15) is 12.6 Å². The monoisotopic (exact) mass is 207 g/mol. The fourth-order valence-corrected chi connectivity index (χ4v) is 1.46. The minimum Gasteiger partial charge on any atom is -0.303 e. The van der Waals surface area contributed by atoms with Crippen LogP contribution in [-0.4, -0.2) is 14.5 Å². The van der Waals surface area contributed by atoms with Crippen LogP contribution in [0.4, 0.5) is 0 Å². The third kappa shape index (κ3) is 1.63. The number of aromatic nitrogens is 3. The van der Waals surface area contributed by atoms with Crippen LogP contribution in [0.15, 0.2) is 30.9 Å². The minimum atomic E-state index is 0.493. The predicted molar refractivity (Wildman–Crippen MR) is 55.7 cm³/mol. The van der Waals surface area contributed by atoms with E-state index in [1.54, 1.807) is 12.5 Å². The highest BCUT2D eigenvalue weighted by atomic mass is 35.5. The maximum atomic E-state index is 5.95. The van der Waals surface area contributed by atoms with E-state index < -0.39 is 0 Å². The van der Waals surface area contributed by atoms with Gasteiger partial charge in [0, 0.05) is 12.4 Å². The van der Waals surface area contributed by atoms with Crippen LogP contribution in [0, 0.1) is 0 Å². The molecule has 0 N–H and O–H groups in total. The fraction of sp³-hybridized carbons (Fsp3) is 0.200. The molecular formula is C10H10ClN3. The lowest BCUT2D eigenvalue weighted by Gasteiger charge is -2.02. The minimum absolute atomic E-state index is 0.493. The topological polar surface area (TPSA) is 30.7 Å². The Kier molecular flexibility index (Phi) is 2.50. The average Bonchev–Trinajstić information content (AvgIpc) is 2.67. The third-order valence-electron chi connectivity index (χ3n) is 2.02. The molecule has 0 spiro atoms. The molecule has 2 aromatic rings. The summed E-state index contributed by atoms with van der Waals surface area (Å²) in [7, 11) is 0. The van der Waals surface area contributed by atoms with Gasteiger partial charge in [0.05, 0.1) is 17.7 Å². The van der Waals surface area contributed by atoms with Gasteiger partial charge >= 0.3 is 0 Å². The van der Waals surface area contributed by atoms with E-state index in [2.05, 4.69) is 16.9 Å². The maximum Gasteiger partial charge on any atom is 0.152 e. The molecule has 0 aliphatic carbocycles. The molecular weight excluding hydrogens is 198 g/mol. The molecule has 0 fully saturated rings. The zero-order valence-corrected chi connectivity index (χ0v) is 8.57. The molecule has 0 unspecified atom stereocenters. The predicted octanol–water partition coefficient (Wildman–Crippen LogP) is 2.48. The summed E-state index contributed by atoms with van der Waals surface area (Å²) >= 11 is 5.95. The molecule has 14 heavy (non-hydrogen) atoms. The van der Waals surface area contributed by atoms with Crippen LogP contribution in [0.25, 0.3) is 5.69 Å². The summed E-state index contributed by atoms with van der Waals surface area (Å²) in [6.07, 6.45) is 6.30. The molecule has 2 heterocycles. The van der Waals surface area contributed by atoms with E-state index in [4.69, 9.17) is 11.6 Å². The van der Waals surface area contributed by atoms with E-state index in [0.717, 1.165) is 17.8 Å². The van der Waals surface area contributed by atoms with Gasteiger partial charge in [0.1, 0.15) is 0 Å². The van der Waals surface area contributed by atoms with Crippen molar-refractivity contribution in [3.05, 3.63) is 41.7 Å². The van der Waals surface area contributed by atoms with E-state index >= 15 is 0 Å². The Balaban J connectivity index is 2.44. The van der Waals surface area contributed by atoms with E-state index in [9.17, 15) is 0 Å². The molecule has 0 atom stereocenters. The molecule has 2 aromatic heterocycles. The van der Waals surface area contributed by atoms with Gasteiger partial charge in [-0.15, -0.1) is 0 Å². The Morgan fingerprint density at radius 3 is 2.93 bits per heavy atom. The molecule has 0 aliphatic heterocycles. The highest BCUT2D eigenvalue weighted by Gasteiger charge is 2.03. The van der Waals surface area contributed by atoms with E-state index in [1.807, 2.05) is 22.9 Å². The highest BCUT2D eigenvalue weighted by molar-refractivity contribution is 6.31. The summed E-state index contributed by atoms with van der Waals surface area (Å²) in [6, 6.07) is 3.77. The second kappa shape index (κ2) is 3.80. The van der Waals surface area contributed by atoms with Crippen LogP contribution >= 0.6 is 11.6 Å². The quantitative estimate of drug-likeness (QED) is 0.709. The van der Waals surface area contributed by atoms with Crippen LogP contribution < -0.4 is 0 Å². The molecule has 0 aromatic carbocycles. The van der Waals surface area contributed by atoms with Crippen molar-refractivity contribution >= 4 is 11.6 Å². The molecule has 0 saturated heterocycles. The summed E-state index contributed by atoms with van der Waals surface area (Å²) in [5.41, 5.74) is 1.91. The van der Waals surface area contributed by atoms with Gasteiger partial charge in [0.2, 0.25) is 0 Å². The van der Waals surface area contributed by atoms with Gasteiger partial charge in [-0.05, 0) is 18.6 Å². The molecule has 0 radical (unpaired) electrons. The van der Waals surface area contributed by atoms with Crippen molar-refractivity contribution < 1.29 is 0 Å². The zero-order chi connectivity index (χ0) is 9.97. The lowest BCUT2D eigenvalue weighted by molar-refractivity contribution is 1.04. The summed E-state index contributed by atoms with van der Waals surface area (Å²) in [5, 5.41) is 0.493. The van der Waals surface area contributed by atoms with Gasteiger partial charge in [0.15, 0.2) is 5.15 Å². The van der Waals surface area contributed by atoms with Crippen molar-refractivity contribution in [3.8, 4) is 5.69 Å². The first-order valence-corrected chi connectivity index (χ1v) is 4.83. The van der Waals surface area contributed by atoms with Gasteiger partial charge < -0.3 is 4.57 Å². The van der Waals surface area contributed by atoms with Gasteiger partial charge in [-0.3, -0.25) is 0 Å². The molecule has 2 rings (SSSR count). The van der Waals surface area contributed by atoms with Gasteiger partial charge in [0.25, 0.3) is 0 Å². The van der Waals surface area contributed by atoms with Gasteiger partial charge in [-0.2, -0.15) is 0 Å². The average molecular weight is 208 g/mol. The van der Waals surface area contributed by atoms with Crippen LogP contribution in [0.3, 0.4) is 0 Å². The SMILES string of the molecule is CCc1cn(-c2cccnc2Cl)cn1.